The number of rotatable bonds is 3. The van der Waals surface area contributed by atoms with E-state index in [1.807, 2.05) is 24.2 Å². The van der Waals surface area contributed by atoms with Gasteiger partial charge in [-0.15, -0.1) is 0 Å². The molecule has 1 aromatic heterocycles. The van der Waals surface area contributed by atoms with E-state index in [-0.39, 0.29) is 11.6 Å². The lowest BCUT2D eigenvalue weighted by molar-refractivity contribution is 0.386. The third kappa shape index (κ3) is 2.05. The molecule has 0 aliphatic carbocycles. The van der Waals surface area contributed by atoms with Crippen molar-refractivity contribution in [1.29, 1.82) is 0 Å². The van der Waals surface area contributed by atoms with Crippen LogP contribution in [0.1, 0.15) is 11.4 Å². The predicted molar refractivity (Wildman–Crippen MR) is 58.7 cm³/mol. The lowest BCUT2D eigenvalue weighted by atomic mass is 10.1. The normalized spacial score (nSPS) is 10.4. The Morgan fingerprint density at radius 3 is 2.81 bits per heavy atom. The van der Waals surface area contributed by atoms with Gasteiger partial charge in [0.15, 0.2) is 11.6 Å². The Hall–Kier alpha value is -1.84. The van der Waals surface area contributed by atoms with Crippen molar-refractivity contribution in [3.63, 3.8) is 0 Å². The van der Waals surface area contributed by atoms with E-state index < -0.39 is 0 Å². The Balaban J connectivity index is 2.23. The molecule has 0 aliphatic heterocycles. The molecule has 2 rings (SSSR count). The summed E-state index contributed by atoms with van der Waals surface area (Å²) in [6, 6.07) is 4.81. The van der Waals surface area contributed by atoms with Gasteiger partial charge in [0.2, 0.25) is 0 Å². The Bertz CT molecular complexity index is 494. The van der Waals surface area contributed by atoms with Gasteiger partial charge in [0.05, 0.1) is 13.5 Å². The summed E-state index contributed by atoms with van der Waals surface area (Å²) in [4.78, 5) is 4.14. The predicted octanol–water partition coefficient (Wildman–Crippen LogP) is 2.17. The van der Waals surface area contributed by atoms with E-state index in [1.54, 1.807) is 18.3 Å². The maximum absolute atomic E-state index is 13.4. The fourth-order valence-electron chi connectivity index (χ4n) is 1.44. The number of halogens is 1. The minimum absolute atomic E-state index is 0.247. The largest absolute Gasteiger partial charge is 0.494 e. The van der Waals surface area contributed by atoms with Crippen molar-refractivity contribution in [3.8, 4) is 5.75 Å². The number of ether oxygens (including phenoxy) is 1. The van der Waals surface area contributed by atoms with Crippen LogP contribution in [0.4, 0.5) is 4.39 Å². The average molecular weight is 219 g/mol. The van der Waals surface area contributed by atoms with Crippen LogP contribution in [-0.2, 0) is 7.05 Å². The summed E-state index contributed by atoms with van der Waals surface area (Å²) in [6.45, 7) is 0. The van der Waals surface area contributed by atoms with Gasteiger partial charge in [-0.25, -0.2) is 9.37 Å². The molecule has 0 saturated carbocycles. The van der Waals surface area contributed by atoms with Crippen molar-refractivity contribution in [3.05, 3.63) is 54.2 Å². The molecule has 0 amide bonds. The summed E-state index contributed by atoms with van der Waals surface area (Å²) in [5.41, 5.74) is 0.757. The van der Waals surface area contributed by atoms with Crippen molar-refractivity contribution in [2.75, 3.05) is 7.11 Å². The van der Waals surface area contributed by atoms with Gasteiger partial charge in [0.25, 0.3) is 0 Å². The molecule has 4 heteroatoms. The molecule has 0 unspecified atom stereocenters. The fourth-order valence-corrected chi connectivity index (χ4v) is 1.44. The van der Waals surface area contributed by atoms with E-state index in [9.17, 15) is 4.39 Å². The molecule has 0 atom stereocenters. The van der Waals surface area contributed by atoms with Crippen molar-refractivity contribution >= 4 is 0 Å². The van der Waals surface area contributed by atoms with E-state index in [0.29, 0.717) is 0 Å². The highest BCUT2D eigenvalue weighted by Crippen LogP contribution is 2.19. The molecular formula is C12H12FN2O. The monoisotopic (exact) mass is 219 g/mol. The third-order valence-corrected chi connectivity index (χ3v) is 2.33. The van der Waals surface area contributed by atoms with Crippen LogP contribution in [0.3, 0.4) is 0 Å². The summed E-state index contributed by atoms with van der Waals surface area (Å²) in [5, 5.41) is 0. The molecule has 0 fully saturated rings. The summed E-state index contributed by atoms with van der Waals surface area (Å²) >= 11 is 0. The molecule has 1 heterocycles. The third-order valence-electron chi connectivity index (χ3n) is 2.33. The highest BCUT2D eigenvalue weighted by molar-refractivity contribution is 5.36. The van der Waals surface area contributed by atoms with Gasteiger partial charge < -0.3 is 9.30 Å². The Morgan fingerprint density at radius 2 is 2.25 bits per heavy atom. The van der Waals surface area contributed by atoms with Gasteiger partial charge in [-0.05, 0) is 17.7 Å². The van der Waals surface area contributed by atoms with Crippen LogP contribution in [0, 0.1) is 12.2 Å². The summed E-state index contributed by atoms with van der Waals surface area (Å²) < 4.78 is 20.1. The Kier molecular flexibility index (Phi) is 2.90. The molecule has 0 N–H and O–H groups in total. The molecule has 0 saturated heterocycles. The molecule has 1 aromatic carbocycles. The van der Waals surface area contributed by atoms with Crippen molar-refractivity contribution < 1.29 is 9.13 Å². The summed E-state index contributed by atoms with van der Waals surface area (Å²) in [5.74, 6) is 0.659. The second kappa shape index (κ2) is 4.35. The molecule has 2 aromatic rings. The maximum Gasteiger partial charge on any atom is 0.165 e. The minimum Gasteiger partial charge on any atom is -0.494 e. The number of aromatic nitrogens is 2. The number of hydrogen-bond acceptors (Lipinski definition) is 2. The van der Waals surface area contributed by atoms with Crippen LogP contribution in [0.5, 0.6) is 5.75 Å². The zero-order valence-electron chi connectivity index (χ0n) is 9.14. The Morgan fingerprint density at radius 1 is 1.44 bits per heavy atom. The summed E-state index contributed by atoms with van der Waals surface area (Å²) in [7, 11) is 3.33. The van der Waals surface area contributed by atoms with Gasteiger partial charge in [-0.3, -0.25) is 0 Å². The highest BCUT2D eigenvalue weighted by Gasteiger charge is 2.06. The standard InChI is InChI=1S/C12H12FN2O/c1-15-6-5-14-12(15)8-9-3-4-11(16-2)10(13)7-9/h3-8H,1-2H3. The number of methoxy groups -OCH3 is 1. The molecule has 0 bridgehead atoms. The minimum atomic E-state index is -0.370. The lowest BCUT2D eigenvalue weighted by Gasteiger charge is -2.05. The summed E-state index contributed by atoms with van der Waals surface area (Å²) in [6.07, 6.45) is 5.35. The molecule has 16 heavy (non-hydrogen) atoms. The zero-order chi connectivity index (χ0) is 11.5. The molecule has 83 valence electrons. The van der Waals surface area contributed by atoms with Crippen molar-refractivity contribution in [1.82, 2.24) is 9.55 Å². The zero-order valence-corrected chi connectivity index (χ0v) is 9.14. The van der Waals surface area contributed by atoms with Crippen molar-refractivity contribution in [2.24, 2.45) is 7.05 Å². The van der Waals surface area contributed by atoms with Gasteiger partial charge >= 0.3 is 0 Å². The van der Waals surface area contributed by atoms with Crippen LogP contribution in [0.2, 0.25) is 0 Å². The molecule has 1 radical (unpaired) electrons. The second-order valence-electron chi connectivity index (χ2n) is 3.43. The Labute approximate surface area is 93.5 Å². The van der Waals surface area contributed by atoms with Gasteiger partial charge in [0, 0.05) is 19.4 Å². The number of nitrogens with zero attached hydrogens (tertiary/aromatic N) is 2. The lowest BCUT2D eigenvalue weighted by Crippen LogP contribution is -1.97. The first-order chi connectivity index (χ1) is 7.70. The van der Waals surface area contributed by atoms with E-state index >= 15 is 0 Å². The first-order valence-electron chi connectivity index (χ1n) is 4.86. The fraction of sp³-hybridized carbons (Fsp3) is 0.167. The number of aryl methyl sites for hydroxylation is 1. The first-order valence-corrected chi connectivity index (χ1v) is 4.86. The molecular weight excluding hydrogens is 207 g/mol. The van der Waals surface area contributed by atoms with E-state index in [1.165, 1.54) is 13.2 Å². The number of hydrogen-bond donors (Lipinski definition) is 0. The SMILES string of the molecule is COc1ccc([CH]c2nccn2C)cc1F. The second-order valence-corrected chi connectivity index (χ2v) is 3.43. The van der Waals surface area contributed by atoms with Crippen LogP contribution in [0.25, 0.3) is 0 Å². The van der Waals surface area contributed by atoms with E-state index in [4.69, 9.17) is 4.74 Å². The average Bonchev–Trinajstić information content (AvgIpc) is 2.65. The first kappa shape index (κ1) is 10.7. The highest BCUT2D eigenvalue weighted by atomic mass is 19.1. The quantitative estimate of drug-likeness (QED) is 0.791. The topological polar surface area (TPSA) is 27.1 Å². The smallest absolute Gasteiger partial charge is 0.165 e. The van der Waals surface area contributed by atoms with Crippen molar-refractivity contribution in [2.45, 2.75) is 0 Å². The maximum atomic E-state index is 13.4. The van der Waals surface area contributed by atoms with E-state index in [2.05, 4.69) is 4.98 Å². The van der Waals surface area contributed by atoms with Crippen LogP contribution < -0.4 is 4.74 Å². The van der Waals surface area contributed by atoms with Crippen LogP contribution in [0.15, 0.2) is 30.6 Å². The molecule has 0 spiro atoms. The number of imidazole rings is 1. The van der Waals surface area contributed by atoms with Crippen LogP contribution in [-0.4, -0.2) is 16.7 Å². The molecule has 0 aliphatic rings. The van der Waals surface area contributed by atoms with Gasteiger partial charge in [0.1, 0.15) is 5.82 Å². The van der Waals surface area contributed by atoms with Gasteiger partial charge in [-0.2, -0.15) is 0 Å². The van der Waals surface area contributed by atoms with Gasteiger partial charge in [-0.1, -0.05) is 6.07 Å². The molecule has 3 nitrogen and oxygen atoms in total. The number of benzene rings is 1. The van der Waals surface area contributed by atoms with Crippen LogP contribution >= 0.6 is 0 Å². The van der Waals surface area contributed by atoms with E-state index in [0.717, 1.165) is 11.4 Å².